The molecule has 3 nitrogen and oxygen atoms in total. The third-order valence-electron chi connectivity index (χ3n) is 2.01. The van der Waals surface area contributed by atoms with E-state index in [9.17, 15) is 5.11 Å². The lowest BCUT2D eigenvalue weighted by atomic mass is 9.97. The van der Waals surface area contributed by atoms with Crippen LogP contribution in [0.3, 0.4) is 0 Å². The predicted octanol–water partition coefficient (Wildman–Crippen LogP) is 1.38. The number of hydrogen-bond acceptors (Lipinski definition) is 3. The van der Waals surface area contributed by atoms with Crippen molar-refractivity contribution in [2.75, 3.05) is 0 Å². The zero-order valence-electron chi connectivity index (χ0n) is 7.10. The second-order valence-corrected chi connectivity index (χ2v) is 10.8. The van der Waals surface area contributed by atoms with Crippen molar-refractivity contribution in [1.29, 1.82) is 0 Å². The Bertz CT molecular complexity index is 225. The largest absolute Gasteiger partial charge is 0.392 e. The molecule has 0 aromatic rings. The van der Waals surface area contributed by atoms with Gasteiger partial charge in [-0.15, -0.1) is 11.6 Å². The van der Waals surface area contributed by atoms with Crippen LogP contribution in [0.2, 0.25) is 0 Å². The molecule has 0 heterocycles. The average molecular weight is 261 g/mol. The first kappa shape index (κ1) is 12.2. The van der Waals surface area contributed by atoms with Gasteiger partial charge in [-0.2, -0.15) is 0 Å². The molecule has 0 aromatic heterocycles. The fourth-order valence-corrected chi connectivity index (χ4v) is 6.01. The van der Waals surface area contributed by atoms with Gasteiger partial charge in [0.2, 0.25) is 0 Å². The van der Waals surface area contributed by atoms with Crippen LogP contribution in [0.1, 0.15) is 19.3 Å². The van der Waals surface area contributed by atoms with Crippen LogP contribution < -0.4 is 11.0 Å². The normalized spacial score (nSPS) is 36.2. The molecule has 0 amide bonds. The van der Waals surface area contributed by atoms with Crippen molar-refractivity contribution in [3.05, 3.63) is 0 Å². The molecule has 3 atom stereocenters. The molecule has 13 heavy (non-hydrogen) atoms. The van der Waals surface area contributed by atoms with Crippen LogP contribution in [-0.4, -0.2) is 21.8 Å². The number of alkyl halides is 1. The van der Waals surface area contributed by atoms with Crippen LogP contribution in [0.4, 0.5) is 0 Å². The summed E-state index contributed by atoms with van der Waals surface area (Å²) in [6, 6.07) is 0. The third-order valence-corrected chi connectivity index (χ3v) is 6.46. The van der Waals surface area contributed by atoms with E-state index >= 15 is 0 Å². The summed E-state index contributed by atoms with van der Waals surface area (Å²) in [7, 11) is 0. The number of rotatable bonds is 2. The maximum Gasteiger partial charge on any atom is 0.122 e. The van der Waals surface area contributed by atoms with E-state index in [1.807, 2.05) is 0 Å². The van der Waals surface area contributed by atoms with Gasteiger partial charge < -0.3 is 5.11 Å². The standard InChI is InChI=1S/C6H14ClN2OPS2/c7-6-4(10)2-1-3-5(6)13-11(8,9)12/h4-6,10H,1-3H2,(H4,8,9,12). The van der Waals surface area contributed by atoms with Gasteiger partial charge in [0.15, 0.2) is 0 Å². The van der Waals surface area contributed by atoms with Gasteiger partial charge in [0.05, 0.1) is 11.5 Å². The number of aliphatic hydroxyl groups excluding tert-OH is 1. The van der Waals surface area contributed by atoms with Crippen LogP contribution in [0.25, 0.3) is 0 Å². The minimum atomic E-state index is -2.24. The Morgan fingerprint density at radius 2 is 2.08 bits per heavy atom. The number of halogens is 1. The summed E-state index contributed by atoms with van der Waals surface area (Å²) in [5, 5.41) is 9.36. The van der Waals surface area contributed by atoms with Crippen molar-refractivity contribution >= 4 is 40.3 Å². The van der Waals surface area contributed by atoms with E-state index in [1.165, 1.54) is 11.4 Å². The van der Waals surface area contributed by atoms with E-state index < -0.39 is 11.6 Å². The Balaban J connectivity index is 2.54. The minimum Gasteiger partial charge on any atom is -0.392 e. The van der Waals surface area contributed by atoms with Crippen molar-refractivity contribution < 1.29 is 5.11 Å². The van der Waals surface area contributed by atoms with Gasteiger partial charge in [-0.1, -0.05) is 23.2 Å². The van der Waals surface area contributed by atoms with Crippen LogP contribution in [0.5, 0.6) is 0 Å². The highest BCUT2D eigenvalue weighted by molar-refractivity contribution is 8.69. The lowest BCUT2D eigenvalue weighted by Gasteiger charge is -2.32. The molecule has 0 saturated heterocycles. The summed E-state index contributed by atoms with van der Waals surface area (Å²) in [5.41, 5.74) is 8.96. The van der Waals surface area contributed by atoms with Crippen molar-refractivity contribution in [3.63, 3.8) is 0 Å². The first-order valence-corrected chi connectivity index (χ1v) is 8.94. The van der Waals surface area contributed by atoms with Gasteiger partial charge in [-0.25, -0.2) is 0 Å². The molecule has 0 aromatic carbocycles. The van der Waals surface area contributed by atoms with Crippen LogP contribution in [-0.2, 0) is 11.8 Å². The van der Waals surface area contributed by atoms with Crippen molar-refractivity contribution in [2.45, 2.75) is 36.0 Å². The molecule has 0 spiro atoms. The van der Waals surface area contributed by atoms with Crippen LogP contribution in [0.15, 0.2) is 0 Å². The van der Waals surface area contributed by atoms with Crippen LogP contribution in [0, 0.1) is 0 Å². The zero-order valence-corrected chi connectivity index (χ0v) is 10.4. The maximum absolute atomic E-state index is 9.50. The molecule has 5 N–H and O–H groups in total. The Hall–Kier alpha value is 1.17. The number of hydrogen-bond donors (Lipinski definition) is 3. The van der Waals surface area contributed by atoms with Crippen molar-refractivity contribution in [1.82, 2.24) is 0 Å². The average Bonchev–Trinajstić information content (AvgIpc) is 1.96. The van der Waals surface area contributed by atoms with Crippen LogP contribution >= 0.6 is 28.5 Å². The lowest BCUT2D eigenvalue weighted by molar-refractivity contribution is 0.137. The highest BCUT2D eigenvalue weighted by Gasteiger charge is 2.32. The van der Waals surface area contributed by atoms with Gasteiger partial charge in [-0.3, -0.25) is 11.0 Å². The van der Waals surface area contributed by atoms with E-state index in [0.717, 1.165) is 19.3 Å². The Kier molecular flexibility index (Phi) is 4.51. The van der Waals surface area contributed by atoms with Gasteiger partial charge in [0.1, 0.15) is 5.54 Å². The smallest absolute Gasteiger partial charge is 0.122 e. The third kappa shape index (κ3) is 4.04. The fraction of sp³-hybridized carbons (Fsp3) is 1.00. The Labute approximate surface area is 92.4 Å². The second kappa shape index (κ2) is 4.79. The molecule has 1 aliphatic carbocycles. The Morgan fingerprint density at radius 1 is 1.46 bits per heavy atom. The highest BCUT2D eigenvalue weighted by Crippen LogP contribution is 2.50. The monoisotopic (exact) mass is 260 g/mol. The molecule has 1 rings (SSSR count). The minimum absolute atomic E-state index is 0.117. The molecule has 1 aliphatic rings. The topological polar surface area (TPSA) is 72.3 Å². The summed E-state index contributed by atoms with van der Waals surface area (Å²) in [5.74, 6) is 0. The highest BCUT2D eigenvalue weighted by atomic mass is 35.5. The van der Waals surface area contributed by atoms with E-state index in [4.69, 9.17) is 34.4 Å². The molecule has 1 saturated carbocycles. The predicted molar refractivity (Wildman–Crippen MR) is 63.5 cm³/mol. The van der Waals surface area contributed by atoms with Crippen molar-refractivity contribution in [3.8, 4) is 0 Å². The van der Waals surface area contributed by atoms with Crippen molar-refractivity contribution in [2.24, 2.45) is 11.0 Å². The lowest BCUT2D eigenvalue weighted by Crippen LogP contribution is -2.35. The SMILES string of the molecule is NP(N)(=S)SC1CCCC(O)C1Cl. The molecule has 7 heteroatoms. The van der Waals surface area contributed by atoms with Gasteiger partial charge in [0.25, 0.3) is 0 Å². The van der Waals surface area contributed by atoms with Gasteiger partial charge >= 0.3 is 0 Å². The first-order valence-electron chi connectivity index (χ1n) is 4.08. The molecule has 3 unspecified atom stereocenters. The van der Waals surface area contributed by atoms with E-state index in [1.54, 1.807) is 0 Å². The number of nitrogens with two attached hydrogens (primary N) is 2. The van der Waals surface area contributed by atoms with Gasteiger partial charge in [0, 0.05) is 5.25 Å². The fourth-order valence-electron chi connectivity index (χ4n) is 1.42. The number of aliphatic hydroxyl groups is 1. The quantitative estimate of drug-likeness (QED) is 0.517. The summed E-state index contributed by atoms with van der Waals surface area (Å²) in [4.78, 5) is 0. The Morgan fingerprint density at radius 3 is 2.62 bits per heavy atom. The zero-order chi connectivity index (χ0) is 10.1. The van der Waals surface area contributed by atoms with E-state index in [-0.39, 0.29) is 10.6 Å². The molecule has 78 valence electrons. The molecular weight excluding hydrogens is 247 g/mol. The summed E-state index contributed by atoms with van der Waals surface area (Å²) >= 11 is 12.4. The van der Waals surface area contributed by atoms with Gasteiger partial charge in [-0.05, 0) is 19.3 Å². The summed E-state index contributed by atoms with van der Waals surface area (Å²) in [6.45, 7) is 0. The van der Waals surface area contributed by atoms with E-state index in [0.29, 0.717) is 0 Å². The second-order valence-electron chi connectivity index (χ2n) is 3.23. The molecular formula is C6H14ClN2OPS2. The maximum atomic E-state index is 9.50. The molecule has 0 bridgehead atoms. The summed E-state index contributed by atoms with van der Waals surface area (Å²) < 4.78 is 0. The first-order chi connectivity index (χ1) is 5.90. The summed E-state index contributed by atoms with van der Waals surface area (Å²) in [6.07, 6.45) is 2.25. The molecule has 0 radical (unpaired) electrons. The molecule has 1 fully saturated rings. The molecule has 0 aliphatic heterocycles. The van der Waals surface area contributed by atoms with E-state index in [2.05, 4.69) is 0 Å².